The predicted molar refractivity (Wildman–Crippen MR) is 44.6 cm³/mol. The minimum Gasteiger partial charge on any atom is -0.511 e. The van der Waals surface area contributed by atoms with Crippen molar-refractivity contribution in [2.75, 3.05) is 0 Å². The highest BCUT2D eigenvalue weighted by Crippen LogP contribution is 1.27. The van der Waals surface area contributed by atoms with E-state index >= 15 is 0 Å². The maximum atomic E-state index is 8.74. The zero-order valence-electron chi connectivity index (χ0n) is 6.05. The lowest BCUT2D eigenvalue weighted by Crippen LogP contribution is -1.90. The summed E-state index contributed by atoms with van der Waals surface area (Å²) < 4.78 is 8.74. The maximum absolute atomic E-state index is 8.74. The van der Waals surface area contributed by atoms with Crippen LogP contribution in [0.4, 0.5) is 0 Å². The standard InChI is InChI=1S/3C2H4.H2O3Si/c3*1-2;1-4(2)3/h3*1-2H2;1-2H. The van der Waals surface area contributed by atoms with Crippen molar-refractivity contribution < 1.29 is 14.1 Å². The monoisotopic (exact) mass is 162 g/mol. The van der Waals surface area contributed by atoms with Crippen LogP contribution in [-0.2, 0) is 4.46 Å². The van der Waals surface area contributed by atoms with E-state index in [1.54, 1.807) is 0 Å². The van der Waals surface area contributed by atoms with Crippen LogP contribution in [0.3, 0.4) is 0 Å². The summed E-state index contributed by atoms with van der Waals surface area (Å²) in [5.74, 6) is 0. The van der Waals surface area contributed by atoms with Gasteiger partial charge >= 0.3 is 9.17 Å². The molecule has 0 aromatic heterocycles. The molecule has 0 aliphatic carbocycles. The quantitative estimate of drug-likeness (QED) is 0.409. The van der Waals surface area contributed by atoms with E-state index < -0.39 is 9.17 Å². The van der Waals surface area contributed by atoms with Crippen molar-refractivity contribution in [1.82, 2.24) is 0 Å². The molecule has 60 valence electrons. The van der Waals surface area contributed by atoms with E-state index in [0.29, 0.717) is 0 Å². The number of hydrogen-bond acceptors (Lipinski definition) is 1. The fourth-order valence-electron chi connectivity index (χ4n) is 0. The minimum atomic E-state index is -3.13. The third-order valence-corrected chi connectivity index (χ3v) is 0. The van der Waals surface area contributed by atoms with Gasteiger partial charge in [0.15, 0.2) is 0 Å². The van der Waals surface area contributed by atoms with Gasteiger partial charge in [-0.05, 0) is 0 Å². The first-order chi connectivity index (χ1) is 4.73. The van der Waals surface area contributed by atoms with E-state index in [9.17, 15) is 0 Å². The first kappa shape index (κ1) is 23.2. The van der Waals surface area contributed by atoms with E-state index in [0.717, 1.165) is 0 Å². The molecule has 0 heterocycles. The largest absolute Gasteiger partial charge is 0.761 e. The summed E-state index contributed by atoms with van der Waals surface area (Å²) in [6.45, 7) is 18.0. The van der Waals surface area contributed by atoms with Crippen LogP contribution in [0, 0.1) is 0 Å². The molecular formula is C6H14O3Si. The number of hydrogen-bond donors (Lipinski definition) is 2. The molecule has 0 bridgehead atoms. The summed E-state index contributed by atoms with van der Waals surface area (Å²) in [5.41, 5.74) is 0. The second-order valence-corrected chi connectivity index (χ2v) is 0.848. The Bertz CT molecular complexity index is 57.3. The van der Waals surface area contributed by atoms with Gasteiger partial charge in [0, 0.05) is 0 Å². The van der Waals surface area contributed by atoms with E-state index in [4.69, 9.17) is 14.1 Å². The van der Waals surface area contributed by atoms with Gasteiger partial charge in [-0.2, -0.15) is 0 Å². The van der Waals surface area contributed by atoms with E-state index in [1.807, 2.05) is 0 Å². The fourth-order valence-corrected chi connectivity index (χ4v) is 0. The van der Waals surface area contributed by atoms with Crippen LogP contribution in [0.15, 0.2) is 39.5 Å². The first-order valence-electron chi connectivity index (χ1n) is 2.15. The van der Waals surface area contributed by atoms with E-state index in [2.05, 4.69) is 39.5 Å². The molecule has 0 aliphatic rings. The van der Waals surface area contributed by atoms with Gasteiger partial charge in [0.25, 0.3) is 0 Å². The maximum Gasteiger partial charge on any atom is 0.761 e. The van der Waals surface area contributed by atoms with Crippen molar-refractivity contribution in [3.05, 3.63) is 39.5 Å². The van der Waals surface area contributed by atoms with Crippen molar-refractivity contribution >= 4 is 9.17 Å². The van der Waals surface area contributed by atoms with Gasteiger partial charge in [-0.3, -0.25) is 4.46 Å². The Labute approximate surface area is 63.6 Å². The predicted octanol–water partition coefficient (Wildman–Crippen LogP) is 0.793. The average molecular weight is 162 g/mol. The highest BCUT2D eigenvalue weighted by Gasteiger charge is 1.85. The van der Waals surface area contributed by atoms with Crippen molar-refractivity contribution in [3.63, 3.8) is 0 Å². The van der Waals surface area contributed by atoms with Crippen molar-refractivity contribution in [2.24, 2.45) is 0 Å². The summed E-state index contributed by atoms with van der Waals surface area (Å²) in [6, 6.07) is 0. The van der Waals surface area contributed by atoms with Crippen molar-refractivity contribution in [2.45, 2.75) is 0 Å². The third kappa shape index (κ3) is 172. The molecule has 0 atom stereocenters. The van der Waals surface area contributed by atoms with Gasteiger partial charge < -0.3 is 9.59 Å². The molecule has 0 saturated heterocycles. The summed E-state index contributed by atoms with van der Waals surface area (Å²) >= 11 is 0. The molecule has 2 N–H and O–H groups in total. The second-order valence-electron chi connectivity index (χ2n) is 0.283. The summed E-state index contributed by atoms with van der Waals surface area (Å²) in [4.78, 5) is 14.3. The van der Waals surface area contributed by atoms with Gasteiger partial charge in [0.05, 0.1) is 0 Å². The molecule has 0 aromatic rings. The van der Waals surface area contributed by atoms with E-state index in [1.165, 1.54) is 0 Å². The van der Waals surface area contributed by atoms with Crippen LogP contribution < -0.4 is 0 Å². The SMILES string of the molecule is C=C.C=C.C=C.O=[Si](O)O. The number of rotatable bonds is 0. The Balaban J connectivity index is -0.0000000262. The highest BCUT2D eigenvalue weighted by molar-refractivity contribution is 6.22. The Kier molecular flexibility index (Phi) is 252. The summed E-state index contributed by atoms with van der Waals surface area (Å²) in [5, 5.41) is 0. The smallest absolute Gasteiger partial charge is 0.511 e. The van der Waals surface area contributed by atoms with Gasteiger partial charge in [0.1, 0.15) is 0 Å². The van der Waals surface area contributed by atoms with Crippen molar-refractivity contribution in [3.8, 4) is 0 Å². The molecule has 0 spiro atoms. The van der Waals surface area contributed by atoms with Crippen LogP contribution in [-0.4, -0.2) is 18.8 Å². The Hall–Kier alpha value is -1.16. The summed E-state index contributed by atoms with van der Waals surface area (Å²) in [7, 11) is -3.13. The van der Waals surface area contributed by atoms with Crippen LogP contribution in [0.25, 0.3) is 0 Å². The molecule has 0 aromatic carbocycles. The second kappa shape index (κ2) is 109. The first-order valence-corrected chi connectivity index (χ1v) is 3.45. The molecule has 0 radical (unpaired) electrons. The average Bonchev–Trinajstić information content (AvgIpc) is 1.98. The van der Waals surface area contributed by atoms with Gasteiger partial charge in [-0.25, -0.2) is 0 Å². The molecule has 0 aliphatic heterocycles. The van der Waals surface area contributed by atoms with Gasteiger partial charge in [-0.1, -0.05) is 0 Å². The van der Waals surface area contributed by atoms with Crippen LogP contribution in [0.1, 0.15) is 0 Å². The Morgan fingerprint density at radius 3 is 0.800 bits per heavy atom. The Morgan fingerprint density at radius 1 is 0.800 bits per heavy atom. The highest BCUT2D eigenvalue weighted by atomic mass is 28.3. The zero-order valence-corrected chi connectivity index (χ0v) is 7.05. The van der Waals surface area contributed by atoms with Crippen LogP contribution >= 0.6 is 0 Å². The lowest BCUT2D eigenvalue weighted by Gasteiger charge is -1.55. The summed E-state index contributed by atoms with van der Waals surface area (Å²) in [6.07, 6.45) is 0. The normalized spacial score (nSPS) is 3.60. The minimum absolute atomic E-state index is 3.00. The third-order valence-electron chi connectivity index (χ3n) is 0. The molecule has 10 heavy (non-hydrogen) atoms. The topological polar surface area (TPSA) is 57.5 Å². The van der Waals surface area contributed by atoms with Gasteiger partial charge in [0.2, 0.25) is 0 Å². The lowest BCUT2D eigenvalue weighted by molar-refractivity contribution is 0.330. The van der Waals surface area contributed by atoms with Crippen LogP contribution in [0.5, 0.6) is 0 Å². The zero-order chi connectivity index (χ0) is 9.58. The van der Waals surface area contributed by atoms with E-state index in [-0.39, 0.29) is 0 Å². The molecule has 0 saturated carbocycles. The molecule has 0 rings (SSSR count). The molecule has 0 unspecified atom stereocenters. The molecular weight excluding hydrogens is 148 g/mol. The molecule has 0 fully saturated rings. The lowest BCUT2D eigenvalue weighted by atomic mass is 11.3. The molecule has 3 nitrogen and oxygen atoms in total. The molecule has 0 amide bonds. The Morgan fingerprint density at radius 2 is 0.800 bits per heavy atom. The van der Waals surface area contributed by atoms with Gasteiger partial charge in [-0.15, -0.1) is 39.5 Å². The molecule has 4 heteroatoms. The van der Waals surface area contributed by atoms with Crippen LogP contribution in [0.2, 0.25) is 0 Å². The van der Waals surface area contributed by atoms with Crippen molar-refractivity contribution in [1.29, 1.82) is 0 Å². The fraction of sp³-hybridized carbons (Fsp3) is 0.